The fourth-order valence-corrected chi connectivity index (χ4v) is 2.30. The first kappa shape index (κ1) is 10.6. The highest BCUT2D eigenvalue weighted by molar-refractivity contribution is 5.70. The maximum atomic E-state index is 10.9. The Kier molecular flexibility index (Phi) is 3.34. The molecular weight excluding hydrogens is 164 g/mol. The van der Waals surface area contributed by atoms with Gasteiger partial charge in [0.05, 0.1) is 5.92 Å². The van der Waals surface area contributed by atoms with Crippen molar-refractivity contribution < 1.29 is 9.90 Å². The molecule has 0 radical (unpaired) electrons. The third-order valence-corrected chi connectivity index (χ3v) is 3.50. The van der Waals surface area contributed by atoms with Crippen LogP contribution in [0.5, 0.6) is 0 Å². The van der Waals surface area contributed by atoms with E-state index >= 15 is 0 Å². The Balaban J connectivity index is 2.58. The summed E-state index contributed by atoms with van der Waals surface area (Å²) in [6.07, 6.45) is 3.18. The van der Waals surface area contributed by atoms with Crippen LogP contribution in [0.25, 0.3) is 0 Å². The van der Waals surface area contributed by atoms with Gasteiger partial charge >= 0.3 is 5.97 Å². The van der Waals surface area contributed by atoms with Gasteiger partial charge in [0.25, 0.3) is 0 Å². The van der Waals surface area contributed by atoms with E-state index in [9.17, 15) is 4.79 Å². The first-order valence-corrected chi connectivity index (χ1v) is 5.25. The van der Waals surface area contributed by atoms with E-state index in [0.717, 1.165) is 12.8 Å². The van der Waals surface area contributed by atoms with Crippen LogP contribution >= 0.6 is 0 Å². The zero-order valence-corrected chi connectivity index (χ0v) is 8.79. The van der Waals surface area contributed by atoms with E-state index in [1.165, 1.54) is 6.42 Å². The molecule has 0 spiro atoms. The van der Waals surface area contributed by atoms with Gasteiger partial charge in [-0.2, -0.15) is 0 Å². The molecule has 1 aliphatic rings. The number of aliphatic carboxylic acids is 1. The molecule has 2 nitrogen and oxygen atoms in total. The first-order chi connectivity index (χ1) is 6.02. The lowest BCUT2D eigenvalue weighted by Gasteiger charge is -2.33. The van der Waals surface area contributed by atoms with Crippen molar-refractivity contribution in [2.24, 2.45) is 23.7 Å². The van der Waals surface area contributed by atoms with E-state index < -0.39 is 5.97 Å². The average molecular weight is 184 g/mol. The fourth-order valence-electron chi connectivity index (χ4n) is 2.30. The minimum atomic E-state index is -0.599. The van der Waals surface area contributed by atoms with Gasteiger partial charge in [-0.25, -0.2) is 0 Å². The van der Waals surface area contributed by atoms with Crippen LogP contribution in [0.15, 0.2) is 0 Å². The number of carbonyl (C=O) groups is 1. The lowest BCUT2D eigenvalue weighted by atomic mass is 9.71. The van der Waals surface area contributed by atoms with E-state index in [0.29, 0.717) is 17.8 Å². The molecule has 1 saturated carbocycles. The van der Waals surface area contributed by atoms with Crippen LogP contribution in [0.4, 0.5) is 0 Å². The summed E-state index contributed by atoms with van der Waals surface area (Å²) in [7, 11) is 0. The average Bonchev–Trinajstić information content (AvgIpc) is 2.04. The van der Waals surface area contributed by atoms with Crippen LogP contribution in [0.1, 0.15) is 40.0 Å². The van der Waals surface area contributed by atoms with Crippen molar-refractivity contribution in [2.45, 2.75) is 40.0 Å². The highest BCUT2D eigenvalue weighted by atomic mass is 16.4. The normalized spacial score (nSPS) is 34.9. The molecule has 0 aliphatic heterocycles. The van der Waals surface area contributed by atoms with Crippen molar-refractivity contribution >= 4 is 5.97 Å². The second-order valence-electron chi connectivity index (χ2n) is 4.74. The minimum absolute atomic E-state index is 0.0962. The highest BCUT2D eigenvalue weighted by Gasteiger charge is 2.33. The Hall–Kier alpha value is -0.530. The molecule has 0 aromatic heterocycles. The lowest BCUT2D eigenvalue weighted by molar-refractivity contribution is -0.145. The molecule has 76 valence electrons. The summed E-state index contributed by atoms with van der Waals surface area (Å²) in [5.41, 5.74) is 0. The molecule has 0 saturated heterocycles. The molecule has 0 aromatic rings. The largest absolute Gasteiger partial charge is 0.481 e. The molecule has 1 N–H and O–H groups in total. The van der Waals surface area contributed by atoms with Crippen LogP contribution in [0.2, 0.25) is 0 Å². The fraction of sp³-hybridized carbons (Fsp3) is 0.909. The third kappa shape index (κ3) is 2.45. The lowest BCUT2D eigenvalue weighted by Crippen LogP contribution is -2.31. The Morgan fingerprint density at radius 2 is 2.00 bits per heavy atom. The van der Waals surface area contributed by atoms with Gasteiger partial charge in [-0.05, 0) is 37.0 Å². The first-order valence-electron chi connectivity index (χ1n) is 5.25. The van der Waals surface area contributed by atoms with Crippen LogP contribution < -0.4 is 0 Å². The van der Waals surface area contributed by atoms with Crippen molar-refractivity contribution in [3.8, 4) is 0 Å². The number of rotatable bonds is 2. The Labute approximate surface area is 80.3 Å². The summed E-state index contributed by atoms with van der Waals surface area (Å²) in [4.78, 5) is 10.9. The molecule has 0 heterocycles. The second kappa shape index (κ2) is 4.12. The summed E-state index contributed by atoms with van der Waals surface area (Å²) < 4.78 is 0. The molecule has 0 aromatic carbocycles. The Bertz CT molecular complexity index is 187. The van der Waals surface area contributed by atoms with E-state index in [1.807, 2.05) is 0 Å². The number of hydrogen-bond acceptors (Lipinski definition) is 1. The van der Waals surface area contributed by atoms with E-state index in [-0.39, 0.29) is 5.92 Å². The molecule has 1 fully saturated rings. The van der Waals surface area contributed by atoms with Gasteiger partial charge < -0.3 is 5.11 Å². The standard InChI is InChI=1S/C11H20O2/c1-7(2)9-5-4-8(3)10(6-9)11(12)13/h7-10H,4-6H2,1-3H3,(H,12,13)/t8-,9-,10+/m0/s1. The summed E-state index contributed by atoms with van der Waals surface area (Å²) >= 11 is 0. The second-order valence-corrected chi connectivity index (χ2v) is 4.74. The van der Waals surface area contributed by atoms with Gasteiger partial charge in [0.1, 0.15) is 0 Å². The summed E-state index contributed by atoms with van der Waals surface area (Å²) in [6, 6.07) is 0. The van der Waals surface area contributed by atoms with Crippen molar-refractivity contribution in [3.05, 3.63) is 0 Å². The van der Waals surface area contributed by atoms with E-state index in [4.69, 9.17) is 5.11 Å². The zero-order valence-electron chi connectivity index (χ0n) is 8.79. The maximum Gasteiger partial charge on any atom is 0.306 e. The summed E-state index contributed by atoms with van der Waals surface area (Å²) in [5, 5.41) is 9.01. The van der Waals surface area contributed by atoms with Crippen molar-refractivity contribution in [1.82, 2.24) is 0 Å². The molecule has 1 rings (SSSR count). The van der Waals surface area contributed by atoms with Crippen LogP contribution in [0, 0.1) is 23.7 Å². The van der Waals surface area contributed by atoms with Gasteiger partial charge in [0, 0.05) is 0 Å². The quantitative estimate of drug-likeness (QED) is 0.716. The van der Waals surface area contributed by atoms with Crippen molar-refractivity contribution in [2.75, 3.05) is 0 Å². The molecule has 1 aliphatic carbocycles. The molecule has 0 unspecified atom stereocenters. The minimum Gasteiger partial charge on any atom is -0.481 e. The zero-order chi connectivity index (χ0) is 10.0. The predicted molar refractivity (Wildman–Crippen MR) is 52.5 cm³/mol. The predicted octanol–water partition coefficient (Wildman–Crippen LogP) is 2.78. The molecule has 13 heavy (non-hydrogen) atoms. The molecule has 2 heteroatoms. The molecular formula is C11H20O2. The Morgan fingerprint density at radius 3 is 2.46 bits per heavy atom. The SMILES string of the molecule is CC(C)[C@H]1CC[C@H](C)[C@H](C(=O)O)C1. The number of carboxylic acid groups (broad SMARTS) is 1. The van der Waals surface area contributed by atoms with Crippen LogP contribution in [-0.2, 0) is 4.79 Å². The van der Waals surface area contributed by atoms with Crippen LogP contribution in [0.3, 0.4) is 0 Å². The van der Waals surface area contributed by atoms with Gasteiger partial charge in [-0.3, -0.25) is 4.79 Å². The monoisotopic (exact) mass is 184 g/mol. The van der Waals surface area contributed by atoms with Crippen LogP contribution in [-0.4, -0.2) is 11.1 Å². The van der Waals surface area contributed by atoms with Crippen molar-refractivity contribution in [1.29, 1.82) is 0 Å². The molecule has 0 amide bonds. The highest BCUT2D eigenvalue weighted by Crippen LogP contribution is 2.37. The van der Waals surface area contributed by atoms with Gasteiger partial charge in [-0.15, -0.1) is 0 Å². The van der Waals surface area contributed by atoms with Gasteiger partial charge in [0.2, 0.25) is 0 Å². The number of hydrogen-bond donors (Lipinski definition) is 1. The van der Waals surface area contributed by atoms with E-state index in [1.54, 1.807) is 0 Å². The molecule has 0 bridgehead atoms. The van der Waals surface area contributed by atoms with Gasteiger partial charge in [0.15, 0.2) is 0 Å². The molecule has 3 atom stereocenters. The number of carboxylic acids is 1. The topological polar surface area (TPSA) is 37.3 Å². The maximum absolute atomic E-state index is 10.9. The van der Waals surface area contributed by atoms with Crippen molar-refractivity contribution in [3.63, 3.8) is 0 Å². The third-order valence-electron chi connectivity index (χ3n) is 3.50. The Morgan fingerprint density at radius 1 is 1.38 bits per heavy atom. The summed E-state index contributed by atoms with van der Waals surface area (Å²) in [5.74, 6) is 0.929. The van der Waals surface area contributed by atoms with Gasteiger partial charge in [-0.1, -0.05) is 20.8 Å². The summed E-state index contributed by atoms with van der Waals surface area (Å²) in [6.45, 7) is 6.45. The van der Waals surface area contributed by atoms with E-state index in [2.05, 4.69) is 20.8 Å². The smallest absolute Gasteiger partial charge is 0.306 e.